The third-order valence-electron chi connectivity index (χ3n) is 5.04. The van der Waals surface area contributed by atoms with E-state index in [4.69, 9.17) is 4.42 Å². The first-order chi connectivity index (χ1) is 10.9. The van der Waals surface area contributed by atoms with Crippen molar-refractivity contribution in [3.8, 4) is 0 Å². The number of furan rings is 1. The van der Waals surface area contributed by atoms with E-state index in [1.807, 2.05) is 20.8 Å². The molecule has 4 heteroatoms. The normalized spacial score (nSPS) is 30.3. The zero-order chi connectivity index (χ0) is 16.7. The number of allylic oxidation sites excluding steroid dienone is 4. The van der Waals surface area contributed by atoms with Gasteiger partial charge in [0.25, 0.3) is 0 Å². The van der Waals surface area contributed by atoms with Crippen molar-refractivity contribution in [1.82, 2.24) is 4.90 Å². The second kappa shape index (κ2) is 5.84. The summed E-state index contributed by atoms with van der Waals surface area (Å²) in [6, 6.07) is 3.57. The fourth-order valence-corrected chi connectivity index (χ4v) is 3.80. The molecule has 1 aliphatic heterocycles. The largest absolute Gasteiger partial charge is 0.467 e. The van der Waals surface area contributed by atoms with Crippen molar-refractivity contribution in [2.24, 2.45) is 23.7 Å². The molecule has 0 N–H and O–H groups in total. The molecule has 4 atom stereocenters. The van der Waals surface area contributed by atoms with Gasteiger partial charge in [0.05, 0.1) is 24.6 Å². The molecule has 23 heavy (non-hydrogen) atoms. The smallest absolute Gasteiger partial charge is 0.234 e. The van der Waals surface area contributed by atoms with E-state index in [0.717, 1.165) is 5.57 Å². The van der Waals surface area contributed by atoms with Crippen LogP contribution in [0.15, 0.2) is 46.1 Å². The molecular formula is C19H23NO3. The minimum Gasteiger partial charge on any atom is -0.467 e. The van der Waals surface area contributed by atoms with E-state index in [2.05, 4.69) is 19.1 Å². The monoisotopic (exact) mass is 313 g/mol. The van der Waals surface area contributed by atoms with Crippen LogP contribution in [0.1, 0.15) is 33.5 Å². The molecule has 1 aliphatic carbocycles. The van der Waals surface area contributed by atoms with E-state index in [0.29, 0.717) is 5.76 Å². The maximum absolute atomic E-state index is 12.9. The Morgan fingerprint density at radius 2 is 1.96 bits per heavy atom. The lowest BCUT2D eigenvalue weighted by Gasteiger charge is -2.32. The number of carbonyl (C=O) groups excluding carboxylic acids is 2. The van der Waals surface area contributed by atoms with Gasteiger partial charge in [0, 0.05) is 5.92 Å². The SMILES string of the molecule is CC(C)=C[C@@H]1C=C(C)[C@H](C)[C@@H]2C(=O)N(Cc3ccco3)C(=O)[C@H]12. The molecule has 122 valence electrons. The lowest BCUT2D eigenvalue weighted by molar-refractivity contribution is -0.141. The maximum Gasteiger partial charge on any atom is 0.234 e. The van der Waals surface area contributed by atoms with E-state index >= 15 is 0 Å². The van der Waals surface area contributed by atoms with Crippen molar-refractivity contribution in [1.29, 1.82) is 0 Å². The van der Waals surface area contributed by atoms with Gasteiger partial charge in [-0.25, -0.2) is 0 Å². The highest BCUT2D eigenvalue weighted by Gasteiger charge is 2.54. The standard InChI is InChI=1S/C19H23NO3/c1-11(2)8-14-9-12(3)13(4)16-17(14)19(22)20(18(16)21)10-15-6-5-7-23-15/h5-9,13-14,16-17H,10H2,1-4H3/t13-,14+,16-,17+/m0/s1. The number of amides is 2. The van der Waals surface area contributed by atoms with Gasteiger partial charge in [-0.05, 0) is 38.8 Å². The number of hydrogen-bond acceptors (Lipinski definition) is 3. The summed E-state index contributed by atoms with van der Waals surface area (Å²) in [5, 5.41) is 0. The van der Waals surface area contributed by atoms with Gasteiger partial charge in [0.2, 0.25) is 11.8 Å². The molecule has 2 amide bonds. The van der Waals surface area contributed by atoms with Crippen molar-refractivity contribution < 1.29 is 14.0 Å². The molecule has 0 aromatic carbocycles. The van der Waals surface area contributed by atoms with Gasteiger partial charge in [0.1, 0.15) is 5.76 Å². The van der Waals surface area contributed by atoms with Gasteiger partial charge in [-0.3, -0.25) is 14.5 Å². The molecule has 2 aliphatic rings. The van der Waals surface area contributed by atoms with E-state index in [1.54, 1.807) is 18.4 Å². The second-order valence-corrected chi connectivity index (χ2v) is 6.91. The van der Waals surface area contributed by atoms with Crippen molar-refractivity contribution in [2.75, 3.05) is 0 Å². The molecule has 1 saturated heterocycles. The number of likely N-dealkylation sites (tertiary alicyclic amines) is 1. The predicted octanol–water partition coefficient (Wildman–Crippen LogP) is 3.56. The number of rotatable bonds is 3. The van der Waals surface area contributed by atoms with Crippen molar-refractivity contribution in [3.05, 3.63) is 47.5 Å². The maximum atomic E-state index is 12.9. The zero-order valence-corrected chi connectivity index (χ0v) is 14.1. The average molecular weight is 313 g/mol. The van der Waals surface area contributed by atoms with Crippen LogP contribution in [0.5, 0.6) is 0 Å². The van der Waals surface area contributed by atoms with Gasteiger partial charge in [-0.2, -0.15) is 0 Å². The van der Waals surface area contributed by atoms with Crippen molar-refractivity contribution >= 4 is 11.8 Å². The highest BCUT2D eigenvalue weighted by molar-refractivity contribution is 6.06. The highest BCUT2D eigenvalue weighted by Crippen LogP contribution is 2.45. The summed E-state index contributed by atoms with van der Waals surface area (Å²) in [6.07, 6.45) is 5.82. The van der Waals surface area contributed by atoms with Gasteiger partial charge in [-0.15, -0.1) is 0 Å². The lowest BCUT2D eigenvalue weighted by atomic mass is 9.69. The Labute approximate surface area is 136 Å². The first kappa shape index (κ1) is 15.8. The number of imide groups is 1. The lowest BCUT2D eigenvalue weighted by Crippen LogP contribution is -2.33. The molecule has 1 aromatic rings. The van der Waals surface area contributed by atoms with Gasteiger partial charge < -0.3 is 4.42 Å². The van der Waals surface area contributed by atoms with Crippen LogP contribution in [-0.4, -0.2) is 16.7 Å². The van der Waals surface area contributed by atoms with Gasteiger partial charge in [-0.1, -0.05) is 30.2 Å². The van der Waals surface area contributed by atoms with Crippen LogP contribution >= 0.6 is 0 Å². The summed E-state index contributed by atoms with van der Waals surface area (Å²) < 4.78 is 5.31. The summed E-state index contributed by atoms with van der Waals surface area (Å²) in [5.74, 6) is 0.0488. The molecule has 0 radical (unpaired) electrons. The Morgan fingerprint density at radius 1 is 1.26 bits per heavy atom. The summed E-state index contributed by atoms with van der Waals surface area (Å²) in [6.45, 7) is 8.38. The molecule has 0 unspecified atom stereocenters. The number of hydrogen-bond donors (Lipinski definition) is 0. The Hall–Kier alpha value is -2.10. The van der Waals surface area contributed by atoms with E-state index in [1.165, 1.54) is 10.5 Å². The van der Waals surface area contributed by atoms with E-state index < -0.39 is 0 Å². The molecule has 2 heterocycles. The Bertz CT molecular complexity index is 679. The quantitative estimate of drug-likeness (QED) is 0.633. The topological polar surface area (TPSA) is 50.5 Å². The van der Waals surface area contributed by atoms with Crippen LogP contribution in [0.3, 0.4) is 0 Å². The molecule has 1 aromatic heterocycles. The molecule has 0 spiro atoms. The first-order valence-electron chi connectivity index (χ1n) is 8.11. The fraction of sp³-hybridized carbons (Fsp3) is 0.474. The van der Waals surface area contributed by atoms with Crippen LogP contribution in [0.25, 0.3) is 0 Å². The summed E-state index contributed by atoms with van der Waals surface area (Å²) in [7, 11) is 0. The van der Waals surface area contributed by atoms with Crippen LogP contribution in [0, 0.1) is 23.7 Å². The van der Waals surface area contributed by atoms with Crippen molar-refractivity contribution in [2.45, 2.75) is 34.2 Å². The van der Waals surface area contributed by atoms with Crippen LogP contribution < -0.4 is 0 Å². The number of carbonyl (C=O) groups is 2. The fourth-order valence-electron chi connectivity index (χ4n) is 3.80. The number of fused-ring (bicyclic) bond motifs is 1. The Kier molecular flexibility index (Phi) is 4.00. The minimum absolute atomic E-state index is 0.000693. The molecule has 0 saturated carbocycles. The van der Waals surface area contributed by atoms with Gasteiger partial charge >= 0.3 is 0 Å². The third kappa shape index (κ3) is 2.67. The predicted molar refractivity (Wildman–Crippen MR) is 87.1 cm³/mol. The molecule has 4 nitrogen and oxygen atoms in total. The first-order valence-corrected chi connectivity index (χ1v) is 8.11. The number of nitrogens with zero attached hydrogens (tertiary/aromatic N) is 1. The third-order valence-corrected chi connectivity index (χ3v) is 5.04. The molecule has 3 rings (SSSR count). The molecular weight excluding hydrogens is 290 g/mol. The van der Waals surface area contributed by atoms with Gasteiger partial charge in [0.15, 0.2) is 0 Å². The van der Waals surface area contributed by atoms with Crippen LogP contribution in [0.4, 0.5) is 0 Å². The van der Waals surface area contributed by atoms with E-state index in [9.17, 15) is 9.59 Å². The van der Waals surface area contributed by atoms with Crippen LogP contribution in [0.2, 0.25) is 0 Å². The summed E-state index contributed by atoms with van der Waals surface area (Å²) in [5.41, 5.74) is 2.35. The van der Waals surface area contributed by atoms with Crippen LogP contribution in [-0.2, 0) is 16.1 Å². The molecule has 0 bridgehead atoms. The molecule has 1 fully saturated rings. The summed E-state index contributed by atoms with van der Waals surface area (Å²) in [4.78, 5) is 27.2. The Morgan fingerprint density at radius 3 is 2.57 bits per heavy atom. The second-order valence-electron chi connectivity index (χ2n) is 6.91. The average Bonchev–Trinajstić information content (AvgIpc) is 3.06. The summed E-state index contributed by atoms with van der Waals surface area (Å²) >= 11 is 0. The van der Waals surface area contributed by atoms with Crippen molar-refractivity contribution in [3.63, 3.8) is 0 Å². The van der Waals surface area contributed by atoms with E-state index in [-0.39, 0.29) is 42.0 Å². The minimum atomic E-state index is -0.286. The Balaban J connectivity index is 1.96. The highest BCUT2D eigenvalue weighted by atomic mass is 16.3. The zero-order valence-electron chi connectivity index (χ0n) is 14.1.